The van der Waals surface area contributed by atoms with E-state index in [0.717, 1.165) is 5.56 Å². The monoisotopic (exact) mass is 219 g/mol. The van der Waals surface area contributed by atoms with Gasteiger partial charge in [0.15, 0.2) is 6.10 Å². The molecular formula is C10H9N3O3. The molecule has 0 aliphatic rings. The zero-order chi connectivity index (χ0) is 11.4. The molecule has 1 unspecified atom stereocenters. The smallest absolute Gasteiger partial charge is 0.293 e. The van der Waals surface area contributed by atoms with Crippen LogP contribution in [-0.2, 0) is 9.53 Å². The van der Waals surface area contributed by atoms with Gasteiger partial charge in [-0.3, -0.25) is 9.78 Å². The Kier molecular flexibility index (Phi) is 2.90. The molecule has 16 heavy (non-hydrogen) atoms. The number of carbonyl (C=O) groups is 1. The molecule has 2 aromatic rings. The van der Waals surface area contributed by atoms with Crippen molar-refractivity contribution in [2.24, 2.45) is 0 Å². The quantitative estimate of drug-likeness (QED) is 0.722. The Hall–Kier alpha value is -2.24. The Balaban J connectivity index is 2.23. The molecule has 2 heterocycles. The van der Waals surface area contributed by atoms with E-state index >= 15 is 0 Å². The summed E-state index contributed by atoms with van der Waals surface area (Å²) in [5.74, 6) is 0.607. The average Bonchev–Trinajstić information content (AvgIpc) is 2.80. The van der Waals surface area contributed by atoms with Gasteiger partial charge in [0.2, 0.25) is 5.89 Å². The predicted octanol–water partition coefficient (Wildman–Crippen LogP) is 1.37. The van der Waals surface area contributed by atoms with Crippen LogP contribution in [0.25, 0.3) is 11.5 Å². The Morgan fingerprint density at radius 2 is 2.38 bits per heavy atom. The molecular weight excluding hydrogens is 210 g/mol. The van der Waals surface area contributed by atoms with Crippen LogP contribution in [0.5, 0.6) is 0 Å². The molecule has 1 atom stereocenters. The minimum atomic E-state index is -0.546. The number of aromatic nitrogens is 3. The topological polar surface area (TPSA) is 78.1 Å². The Labute approximate surface area is 91.3 Å². The fourth-order valence-electron chi connectivity index (χ4n) is 1.15. The highest BCUT2D eigenvalue weighted by Crippen LogP contribution is 2.20. The molecule has 0 saturated carbocycles. The van der Waals surface area contributed by atoms with E-state index in [1.807, 2.05) is 0 Å². The van der Waals surface area contributed by atoms with E-state index in [0.29, 0.717) is 12.4 Å². The fraction of sp³-hybridized carbons (Fsp3) is 0.200. The molecule has 0 bridgehead atoms. The summed E-state index contributed by atoms with van der Waals surface area (Å²) in [4.78, 5) is 14.1. The van der Waals surface area contributed by atoms with E-state index in [1.165, 1.54) is 0 Å². The van der Waals surface area contributed by atoms with Crippen LogP contribution in [0, 0.1) is 0 Å². The molecule has 6 heteroatoms. The van der Waals surface area contributed by atoms with Gasteiger partial charge in [0.1, 0.15) is 0 Å². The van der Waals surface area contributed by atoms with E-state index in [2.05, 4.69) is 19.9 Å². The molecule has 82 valence electrons. The second kappa shape index (κ2) is 4.52. The first-order valence-electron chi connectivity index (χ1n) is 4.64. The van der Waals surface area contributed by atoms with Crippen molar-refractivity contribution < 1.29 is 13.9 Å². The first kappa shape index (κ1) is 10.3. The molecule has 0 aliphatic heterocycles. The fourth-order valence-corrected chi connectivity index (χ4v) is 1.15. The van der Waals surface area contributed by atoms with Crippen molar-refractivity contribution in [1.82, 2.24) is 15.2 Å². The lowest BCUT2D eigenvalue weighted by atomic mass is 10.3. The average molecular weight is 219 g/mol. The summed E-state index contributed by atoms with van der Waals surface area (Å²) in [6.45, 7) is 1.99. The lowest BCUT2D eigenvalue weighted by Gasteiger charge is -2.01. The van der Waals surface area contributed by atoms with Gasteiger partial charge in [0.25, 0.3) is 12.4 Å². The normalized spacial score (nSPS) is 12.1. The van der Waals surface area contributed by atoms with Crippen molar-refractivity contribution in [3.63, 3.8) is 0 Å². The van der Waals surface area contributed by atoms with Crippen LogP contribution < -0.4 is 0 Å². The van der Waals surface area contributed by atoms with Gasteiger partial charge in [-0.15, -0.1) is 10.2 Å². The molecule has 2 aromatic heterocycles. The molecule has 0 aromatic carbocycles. The number of rotatable bonds is 4. The maximum atomic E-state index is 10.1. The second-order valence-electron chi connectivity index (χ2n) is 3.06. The number of nitrogens with zero attached hydrogens (tertiary/aromatic N) is 3. The van der Waals surface area contributed by atoms with Crippen molar-refractivity contribution in [2.75, 3.05) is 0 Å². The summed E-state index contributed by atoms with van der Waals surface area (Å²) < 4.78 is 10.0. The van der Waals surface area contributed by atoms with E-state index in [4.69, 9.17) is 4.42 Å². The molecule has 0 amide bonds. The highest BCUT2D eigenvalue weighted by Gasteiger charge is 2.15. The van der Waals surface area contributed by atoms with Gasteiger partial charge < -0.3 is 9.15 Å². The van der Waals surface area contributed by atoms with E-state index in [1.54, 1.807) is 31.5 Å². The van der Waals surface area contributed by atoms with E-state index in [9.17, 15) is 4.79 Å². The van der Waals surface area contributed by atoms with Crippen molar-refractivity contribution >= 4 is 6.47 Å². The van der Waals surface area contributed by atoms with Gasteiger partial charge in [0.05, 0.1) is 5.56 Å². The van der Waals surface area contributed by atoms with Gasteiger partial charge in [0, 0.05) is 12.4 Å². The Morgan fingerprint density at radius 3 is 3.06 bits per heavy atom. The molecule has 0 radical (unpaired) electrons. The summed E-state index contributed by atoms with van der Waals surface area (Å²) >= 11 is 0. The molecule has 0 fully saturated rings. The lowest BCUT2D eigenvalue weighted by molar-refractivity contribution is -0.134. The molecule has 0 N–H and O–H groups in total. The van der Waals surface area contributed by atoms with Crippen molar-refractivity contribution in [1.29, 1.82) is 0 Å². The van der Waals surface area contributed by atoms with Crippen LogP contribution >= 0.6 is 0 Å². The Bertz CT molecular complexity index is 469. The van der Waals surface area contributed by atoms with Crippen LogP contribution in [0.2, 0.25) is 0 Å². The number of pyridine rings is 1. The largest absolute Gasteiger partial charge is 0.455 e. The molecule has 0 saturated heterocycles. The number of carbonyl (C=O) groups excluding carboxylic acids is 1. The maximum absolute atomic E-state index is 10.1. The van der Waals surface area contributed by atoms with Crippen LogP contribution in [-0.4, -0.2) is 21.7 Å². The van der Waals surface area contributed by atoms with Crippen LogP contribution in [0.1, 0.15) is 18.9 Å². The third-order valence-electron chi connectivity index (χ3n) is 1.96. The van der Waals surface area contributed by atoms with Crippen molar-refractivity contribution in [2.45, 2.75) is 13.0 Å². The summed E-state index contributed by atoms with van der Waals surface area (Å²) in [6.07, 6.45) is 2.72. The van der Waals surface area contributed by atoms with Gasteiger partial charge in [-0.1, -0.05) is 0 Å². The summed E-state index contributed by atoms with van der Waals surface area (Å²) in [7, 11) is 0. The molecule has 2 rings (SSSR count). The van der Waals surface area contributed by atoms with E-state index in [-0.39, 0.29) is 5.89 Å². The number of hydrogen-bond acceptors (Lipinski definition) is 6. The lowest BCUT2D eigenvalue weighted by Crippen LogP contribution is -1.97. The summed E-state index contributed by atoms with van der Waals surface area (Å²) in [6, 6.07) is 3.57. The minimum absolute atomic E-state index is 0.256. The van der Waals surface area contributed by atoms with Gasteiger partial charge in [-0.2, -0.15) is 0 Å². The Morgan fingerprint density at radius 1 is 1.50 bits per heavy atom. The molecule has 6 nitrogen and oxygen atoms in total. The molecule has 0 spiro atoms. The zero-order valence-corrected chi connectivity index (χ0v) is 8.53. The molecule has 0 aliphatic carbocycles. The van der Waals surface area contributed by atoms with Crippen LogP contribution in [0.15, 0.2) is 28.9 Å². The third-order valence-corrected chi connectivity index (χ3v) is 1.96. The SMILES string of the molecule is CC(OC=O)c1nnc(-c2cccnc2)o1. The second-order valence-corrected chi connectivity index (χ2v) is 3.06. The standard InChI is InChI=1S/C10H9N3O3/c1-7(15-6-14)9-12-13-10(16-9)8-3-2-4-11-5-8/h2-7H,1H3. The first-order chi connectivity index (χ1) is 7.81. The van der Waals surface area contributed by atoms with Crippen molar-refractivity contribution in [3.8, 4) is 11.5 Å². The predicted molar refractivity (Wildman–Crippen MR) is 53.1 cm³/mol. The first-order valence-corrected chi connectivity index (χ1v) is 4.64. The minimum Gasteiger partial charge on any atom is -0.455 e. The number of hydrogen-bond donors (Lipinski definition) is 0. The van der Waals surface area contributed by atoms with Gasteiger partial charge >= 0.3 is 0 Å². The third kappa shape index (κ3) is 2.05. The van der Waals surface area contributed by atoms with Gasteiger partial charge in [-0.05, 0) is 19.1 Å². The van der Waals surface area contributed by atoms with E-state index < -0.39 is 6.10 Å². The van der Waals surface area contributed by atoms with Gasteiger partial charge in [-0.25, -0.2) is 0 Å². The highest BCUT2D eigenvalue weighted by atomic mass is 16.5. The van der Waals surface area contributed by atoms with Crippen molar-refractivity contribution in [3.05, 3.63) is 30.4 Å². The number of ether oxygens (including phenoxy) is 1. The van der Waals surface area contributed by atoms with Crippen LogP contribution in [0.3, 0.4) is 0 Å². The maximum Gasteiger partial charge on any atom is 0.293 e. The highest BCUT2D eigenvalue weighted by molar-refractivity contribution is 5.50. The zero-order valence-electron chi connectivity index (χ0n) is 8.53. The van der Waals surface area contributed by atoms with Crippen LogP contribution in [0.4, 0.5) is 0 Å². The summed E-state index contributed by atoms with van der Waals surface area (Å²) in [5.41, 5.74) is 0.722. The summed E-state index contributed by atoms with van der Waals surface area (Å²) in [5, 5.41) is 7.62.